The monoisotopic (exact) mass is 359 g/mol. The lowest BCUT2D eigenvalue weighted by molar-refractivity contribution is -0.153. The number of fused-ring (bicyclic) bond motifs is 1. The van der Waals surface area contributed by atoms with E-state index >= 15 is 0 Å². The van der Waals surface area contributed by atoms with E-state index in [-0.39, 0.29) is 13.4 Å². The van der Waals surface area contributed by atoms with E-state index in [1.807, 2.05) is 6.07 Å². The number of nitrogens with one attached hydrogen (secondary N) is 1. The van der Waals surface area contributed by atoms with Crippen LogP contribution >= 0.6 is 23.2 Å². The van der Waals surface area contributed by atoms with Gasteiger partial charge in [0, 0.05) is 13.0 Å². The van der Waals surface area contributed by atoms with Crippen molar-refractivity contribution in [3.8, 4) is 11.5 Å². The zero-order chi connectivity index (χ0) is 16.7. The topological polar surface area (TPSA) is 73.9 Å². The lowest BCUT2D eigenvalue weighted by atomic mass is 10.1. The van der Waals surface area contributed by atoms with Gasteiger partial charge in [-0.2, -0.15) is 0 Å². The summed E-state index contributed by atoms with van der Waals surface area (Å²) in [6.45, 7) is 1.73. The molecule has 0 spiro atoms. The van der Waals surface area contributed by atoms with Gasteiger partial charge in [0.2, 0.25) is 6.79 Å². The van der Waals surface area contributed by atoms with E-state index in [4.69, 9.17) is 37.4 Å². The van der Waals surface area contributed by atoms with Crippen molar-refractivity contribution in [2.75, 3.05) is 13.4 Å². The Morgan fingerprint density at radius 3 is 2.70 bits per heavy atom. The Labute approximate surface area is 143 Å². The van der Waals surface area contributed by atoms with E-state index in [0.29, 0.717) is 24.5 Å². The van der Waals surface area contributed by atoms with Crippen LogP contribution in [0.25, 0.3) is 0 Å². The van der Waals surface area contributed by atoms with Gasteiger partial charge in [-0.1, -0.05) is 6.07 Å². The van der Waals surface area contributed by atoms with Gasteiger partial charge in [-0.25, -0.2) is 0 Å². The van der Waals surface area contributed by atoms with Crippen LogP contribution in [0.15, 0.2) is 18.2 Å². The molecule has 1 aliphatic heterocycles. The van der Waals surface area contributed by atoms with Crippen LogP contribution in [0, 0.1) is 5.41 Å². The van der Waals surface area contributed by atoms with Gasteiger partial charge in [-0.05, 0) is 24.6 Å². The van der Waals surface area contributed by atoms with Crippen LogP contribution in [0.2, 0.25) is 0 Å². The summed E-state index contributed by atoms with van der Waals surface area (Å²) in [6, 6.07) is 5.38. The van der Waals surface area contributed by atoms with Gasteiger partial charge in [0.15, 0.2) is 18.1 Å². The Balaban J connectivity index is 1.44. The van der Waals surface area contributed by atoms with E-state index in [1.54, 1.807) is 19.1 Å². The Morgan fingerprint density at radius 2 is 2.00 bits per heavy atom. The van der Waals surface area contributed by atoms with Gasteiger partial charge in [0.05, 0.1) is 0 Å². The summed E-state index contributed by atoms with van der Waals surface area (Å²) in [5.41, 5.74) is -0.0862. The van der Waals surface area contributed by atoms with Gasteiger partial charge in [0.1, 0.15) is 9.75 Å². The first-order valence-corrected chi connectivity index (χ1v) is 7.78. The summed E-state index contributed by atoms with van der Waals surface area (Å²) in [5.74, 6) is 0.346. The zero-order valence-corrected chi connectivity index (χ0v) is 13.9. The molecule has 1 unspecified atom stereocenters. The fraction of sp³-hybridized carbons (Fsp3) is 0.467. The molecule has 1 fully saturated rings. The number of ether oxygens (including phenoxy) is 3. The third kappa shape index (κ3) is 3.19. The molecule has 0 aromatic heterocycles. The number of rotatable bonds is 5. The van der Waals surface area contributed by atoms with Gasteiger partial charge in [0.25, 0.3) is 5.91 Å². The zero-order valence-electron chi connectivity index (χ0n) is 12.4. The molecule has 1 amide bonds. The lowest BCUT2D eigenvalue weighted by Gasteiger charge is -2.12. The van der Waals surface area contributed by atoms with E-state index in [0.717, 1.165) is 5.56 Å². The molecule has 124 valence electrons. The van der Waals surface area contributed by atoms with Gasteiger partial charge in [-0.15, -0.1) is 23.2 Å². The Bertz CT molecular complexity index is 663. The smallest absolute Gasteiger partial charge is 0.315 e. The molecule has 0 bridgehead atoms. The highest BCUT2D eigenvalue weighted by Crippen LogP contribution is 2.64. The minimum Gasteiger partial charge on any atom is -0.455 e. The molecule has 1 aliphatic carbocycles. The van der Waals surface area contributed by atoms with E-state index in [1.165, 1.54) is 0 Å². The van der Waals surface area contributed by atoms with Crippen molar-refractivity contribution < 1.29 is 23.8 Å². The van der Waals surface area contributed by atoms with Crippen molar-refractivity contribution >= 4 is 35.1 Å². The molecule has 23 heavy (non-hydrogen) atoms. The first-order valence-electron chi connectivity index (χ1n) is 7.02. The van der Waals surface area contributed by atoms with E-state index in [2.05, 4.69) is 5.32 Å². The molecule has 1 saturated carbocycles. The van der Waals surface area contributed by atoms with Crippen molar-refractivity contribution in [2.45, 2.75) is 24.2 Å². The first kappa shape index (κ1) is 16.2. The Morgan fingerprint density at radius 1 is 1.30 bits per heavy atom. The molecule has 1 aromatic carbocycles. The highest BCUT2D eigenvalue weighted by Gasteiger charge is 2.69. The molecule has 1 atom stereocenters. The highest BCUT2D eigenvalue weighted by molar-refractivity contribution is 6.53. The van der Waals surface area contributed by atoms with E-state index < -0.39 is 21.6 Å². The van der Waals surface area contributed by atoms with Gasteiger partial charge < -0.3 is 19.5 Å². The van der Waals surface area contributed by atoms with E-state index in [9.17, 15) is 9.59 Å². The number of alkyl halides is 2. The highest BCUT2D eigenvalue weighted by atomic mass is 35.5. The molecule has 1 N–H and O–H groups in total. The Hall–Kier alpha value is -1.66. The molecule has 0 radical (unpaired) electrons. The average molecular weight is 360 g/mol. The number of halogens is 2. The minimum absolute atomic E-state index is 0.197. The average Bonchev–Trinajstić information content (AvgIpc) is 2.88. The quantitative estimate of drug-likeness (QED) is 0.644. The van der Waals surface area contributed by atoms with Crippen molar-refractivity contribution in [1.29, 1.82) is 0 Å². The number of hydrogen-bond acceptors (Lipinski definition) is 5. The van der Waals surface area contributed by atoms with Gasteiger partial charge >= 0.3 is 5.97 Å². The number of hydrogen-bond donors (Lipinski definition) is 1. The summed E-state index contributed by atoms with van der Waals surface area (Å²) in [6.07, 6.45) is 0.320. The summed E-state index contributed by atoms with van der Waals surface area (Å²) in [7, 11) is 0. The number of benzene rings is 1. The third-order valence-electron chi connectivity index (χ3n) is 3.97. The van der Waals surface area contributed by atoms with Crippen LogP contribution in [-0.2, 0) is 20.9 Å². The number of amides is 1. The maximum absolute atomic E-state index is 11.8. The maximum Gasteiger partial charge on any atom is 0.315 e. The van der Waals surface area contributed by atoms with Crippen LogP contribution in [0.3, 0.4) is 0 Å². The maximum atomic E-state index is 11.8. The molecular formula is C15H15Cl2NO5. The second-order valence-corrected chi connectivity index (χ2v) is 7.24. The predicted molar refractivity (Wildman–Crippen MR) is 82.5 cm³/mol. The van der Waals surface area contributed by atoms with Crippen LogP contribution in [0.1, 0.15) is 18.9 Å². The summed E-state index contributed by atoms with van der Waals surface area (Å²) >= 11 is 11.8. The standard InChI is InChI=1S/C15H15Cl2NO5/c1-14(7-15(14,16)17)13(20)21-6-12(19)18-5-9-2-3-10-11(4-9)23-8-22-10/h2-4H,5-8H2,1H3,(H,18,19). The van der Waals surface area contributed by atoms with Crippen LogP contribution in [0.5, 0.6) is 11.5 Å². The fourth-order valence-electron chi connectivity index (χ4n) is 2.21. The number of carbonyl (C=O) groups is 2. The molecule has 1 heterocycles. The van der Waals surface area contributed by atoms with Crippen molar-refractivity contribution in [2.24, 2.45) is 5.41 Å². The molecule has 6 nitrogen and oxygen atoms in total. The summed E-state index contributed by atoms with van der Waals surface area (Å²) in [4.78, 5) is 23.6. The molecule has 0 saturated heterocycles. The minimum atomic E-state index is -1.10. The van der Waals surface area contributed by atoms with Crippen molar-refractivity contribution in [3.63, 3.8) is 0 Å². The summed E-state index contributed by atoms with van der Waals surface area (Å²) in [5, 5.41) is 2.66. The van der Waals surface area contributed by atoms with Crippen molar-refractivity contribution in [1.82, 2.24) is 5.32 Å². The predicted octanol–water partition coefficient (Wildman–Crippen LogP) is 2.16. The molecule has 3 rings (SSSR count). The molecule has 8 heteroatoms. The molecular weight excluding hydrogens is 345 g/mol. The number of carbonyl (C=O) groups excluding carboxylic acids is 2. The second-order valence-electron chi connectivity index (χ2n) is 5.75. The SMILES string of the molecule is CC1(C(=O)OCC(=O)NCc2ccc3c(c2)OCO3)CC1(Cl)Cl. The molecule has 1 aromatic rings. The van der Waals surface area contributed by atoms with Crippen LogP contribution in [0.4, 0.5) is 0 Å². The lowest BCUT2D eigenvalue weighted by Crippen LogP contribution is -2.31. The third-order valence-corrected chi connectivity index (χ3v) is 5.07. The normalized spacial score (nSPS) is 23.3. The first-order chi connectivity index (χ1) is 10.8. The van der Waals surface area contributed by atoms with Crippen molar-refractivity contribution in [3.05, 3.63) is 23.8 Å². The van der Waals surface area contributed by atoms with Crippen LogP contribution < -0.4 is 14.8 Å². The molecule has 2 aliphatic rings. The van der Waals surface area contributed by atoms with Crippen LogP contribution in [-0.4, -0.2) is 29.6 Å². The largest absolute Gasteiger partial charge is 0.455 e. The number of esters is 1. The van der Waals surface area contributed by atoms with Gasteiger partial charge in [-0.3, -0.25) is 9.59 Å². The fourth-order valence-corrected chi connectivity index (χ4v) is 2.90. The second kappa shape index (κ2) is 5.76. The Kier molecular flexibility index (Phi) is 4.06. The summed E-state index contributed by atoms with van der Waals surface area (Å²) < 4.78 is 14.3.